The average molecular weight is 407 g/mol. The number of para-hydroxylation sites is 1. The molecule has 0 saturated carbocycles. The molecular formula is C23H16F3N3O. The minimum atomic E-state index is -1.99. The van der Waals surface area contributed by atoms with Crippen LogP contribution in [0.25, 0.3) is 27.5 Å². The van der Waals surface area contributed by atoms with E-state index in [1.54, 1.807) is 36.4 Å². The Balaban J connectivity index is 1.66. The summed E-state index contributed by atoms with van der Waals surface area (Å²) in [6.45, 7) is -1.11. The number of alkyl halides is 1. The van der Waals surface area contributed by atoms with Crippen molar-refractivity contribution in [1.29, 1.82) is 0 Å². The highest BCUT2D eigenvalue weighted by molar-refractivity contribution is 5.86. The molecule has 7 heteroatoms. The molecule has 0 fully saturated rings. The van der Waals surface area contributed by atoms with Crippen LogP contribution in [0.1, 0.15) is 11.1 Å². The van der Waals surface area contributed by atoms with Gasteiger partial charge in [-0.25, -0.2) is 17.9 Å². The highest BCUT2D eigenvalue weighted by Gasteiger charge is 2.35. The molecule has 3 aromatic carbocycles. The summed E-state index contributed by atoms with van der Waals surface area (Å²) >= 11 is 0. The molecule has 0 saturated heterocycles. The van der Waals surface area contributed by atoms with E-state index in [0.29, 0.717) is 21.8 Å². The predicted octanol–water partition coefficient (Wildman–Crippen LogP) is 4.99. The first-order valence-corrected chi connectivity index (χ1v) is 9.30. The quantitative estimate of drug-likeness (QED) is 0.441. The molecule has 0 bridgehead atoms. The van der Waals surface area contributed by atoms with E-state index in [1.165, 1.54) is 41.3 Å². The Morgan fingerprint density at radius 1 is 1.03 bits per heavy atom. The summed E-state index contributed by atoms with van der Waals surface area (Å²) in [5, 5.41) is 16.5. The Morgan fingerprint density at radius 3 is 2.67 bits per heavy atom. The minimum Gasteiger partial charge on any atom is -0.378 e. The fraction of sp³-hybridized carbons (Fsp3) is 0.0870. The average Bonchev–Trinajstić information content (AvgIpc) is 3.37. The fourth-order valence-electron chi connectivity index (χ4n) is 3.85. The molecule has 0 spiro atoms. The van der Waals surface area contributed by atoms with Gasteiger partial charge in [0, 0.05) is 28.0 Å². The second-order valence-corrected chi connectivity index (χ2v) is 7.17. The molecule has 150 valence electrons. The van der Waals surface area contributed by atoms with Crippen molar-refractivity contribution < 1.29 is 18.3 Å². The smallest absolute Gasteiger partial charge is 0.148 e. The summed E-state index contributed by atoms with van der Waals surface area (Å²) in [5.41, 5.74) is 0.0197. The van der Waals surface area contributed by atoms with Crippen LogP contribution < -0.4 is 0 Å². The van der Waals surface area contributed by atoms with E-state index < -0.39 is 23.9 Å². The number of hydrogen-bond acceptors (Lipinski definition) is 2. The molecule has 0 amide bonds. The molecule has 2 heterocycles. The Kier molecular flexibility index (Phi) is 4.15. The lowest BCUT2D eigenvalue weighted by atomic mass is 9.86. The number of aliphatic hydroxyl groups is 1. The third kappa shape index (κ3) is 2.70. The van der Waals surface area contributed by atoms with Crippen LogP contribution in [0.2, 0.25) is 0 Å². The zero-order chi connectivity index (χ0) is 20.9. The summed E-state index contributed by atoms with van der Waals surface area (Å²) < 4.78 is 43.6. The van der Waals surface area contributed by atoms with Crippen LogP contribution in [0, 0.1) is 11.6 Å². The van der Waals surface area contributed by atoms with Crippen molar-refractivity contribution in [3.05, 3.63) is 95.8 Å². The van der Waals surface area contributed by atoms with Crippen LogP contribution >= 0.6 is 0 Å². The highest BCUT2D eigenvalue weighted by atomic mass is 19.1. The van der Waals surface area contributed by atoms with Gasteiger partial charge in [0.2, 0.25) is 0 Å². The van der Waals surface area contributed by atoms with Gasteiger partial charge in [0.15, 0.2) is 0 Å². The standard InChI is InChI=1S/C23H16F3N3O/c24-13-23(30,18-12-27-20-7-6-16(25)10-17(18)20)15-5-8-21-14(9-15)11-28-29(21)22-4-2-1-3-19(22)26/h1-12,27,30H,13H2. The molecule has 1 unspecified atom stereocenters. The van der Waals surface area contributed by atoms with Gasteiger partial charge in [0.05, 0.1) is 11.7 Å². The number of hydrogen-bond donors (Lipinski definition) is 2. The van der Waals surface area contributed by atoms with Crippen LogP contribution in [-0.4, -0.2) is 26.5 Å². The van der Waals surface area contributed by atoms with Gasteiger partial charge in [-0.15, -0.1) is 0 Å². The van der Waals surface area contributed by atoms with Crippen LogP contribution in [0.15, 0.2) is 73.1 Å². The molecule has 1 atom stereocenters. The topological polar surface area (TPSA) is 53.8 Å². The maximum Gasteiger partial charge on any atom is 0.148 e. The van der Waals surface area contributed by atoms with E-state index in [-0.39, 0.29) is 16.8 Å². The second-order valence-electron chi connectivity index (χ2n) is 7.17. The Labute approximate surface area is 169 Å². The van der Waals surface area contributed by atoms with Crippen molar-refractivity contribution >= 4 is 21.8 Å². The van der Waals surface area contributed by atoms with E-state index >= 15 is 0 Å². The molecule has 0 radical (unpaired) electrons. The molecule has 0 aliphatic carbocycles. The summed E-state index contributed by atoms with van der Waals surface area (Å²) in [4.78, 5) is 2.94. The Hall–Kier alpha value is -3.58. The Bertz CT molecular complexity index is 1390. The van der Waals surface area contributed by atoms with E-state index in [4.69, 9.17) is 0 Å². The largest absolute Gasteiger partial charge is 0.378 e. The molecule has 2 N–H and O–H groups in total. The zero-order valence-electron chi connectivity index (χ0n) is 15.6. The second kappa shape index (κ2) is 6.74. The van der Waals surface area contributed by atoms with Crippen molar-refractivity contribution in [2.24, 2.45) is 0 Å². The monoisotopic (exact) mass is 407 g/mol. The van der Waals surface area contributed by atoms with Gasteiger partial charge in [0.1, 0.15) is 29.6 Å². The van der Waals surface area contributed by atoms with E-state index in [2.05, 4.69) is 10.1 Å². The molecular weight excluding hydrogens is 391 g/mol. The van der Waals surface area contributed by atoms with E-state index in [1.807, 2.05) is 0 Å². The number of rotatable bonds is 4. The molecule has 2 aromatic heterocycles. The maximum atomic E-state index is 14.2. The van der Waals surface area contributed by atoms with Gasteiger partial charge >= 0.3 is 0 Å². The normalized spacial score (nSPS) is 13.7. The zero-order valence-corrected chi connectivity index (χ0v) is 15.6. The molecule has 30 heavy (non-hydrogen) atoms. The number of halogens is 3. The maximum absolute atomic E-state index is 14.2. The van der Waals surface area contributed by atoms with Gasteiger partial charge in [-0.05, 0) is 48.0 Å². The number of benzene rings is 3. The number of nitrogens with one attached hydrogen (secondary N) is 1. The highest BCUT2D eigenvalue weighted by Crippen LogP contribution is 2.37. The van der Waals surface area contributed by atoms with Crippen molar-refractivity contribution in [3.63, 3.8) is 0 Å². The lowest BCUT2D eigenvalue weighted by Crippen LogP contribution is -2.29. The third-order valence-corrected chi connectivity index (χ3v) is 5.41. The number of aromatic nitrogens is 3. The number of H-pyrrole nitrogens is 1. The summed E-state index contributed by atoms with van der Waals surface area (Å²) in [6, 6.07) is 15.2. The third-order valence-electron chi connectivity index (χ3n) is 5.41. The van der Waals surface area contributed by atoms with Crippen LogP contribution in [0.4, 0.5) is 13.2 Å². The van der Waals surface area contributed by atoms with Gasteiger partial charge < -0.3 is 10.1 Å². The molecule has 5 aromatic rings. The first kappa shape index (κ1) is 18.4. The first-order valence-electron chi connectivity index (χ1n) is 9.30. The molecule has 0 aliphatic heterocycles. The van der Waals surface area contributed by atoms with Crippen LogP contribution in [0.5, 0.6) is 0 Å². The number of nitrogens with zero attached hydrogens (tertiary/aromatic N) is 2. The van der Waals surface area contributed by atoms with Crippen molar-refractivity contribution in [2.75, 3.05) is 6.67 Å². The van der Waals surface area contributed by atoms with Gasteiger partial charge in [-0.3, -0.25) is 0 Å². The van der Waals surface area contributed by atoms with Gasteiger partial charge in [-0.1, -0.05) is 18.2 Å². The molecule has 5 rings (SSSR count). The SMILES string of the molecule is OC(CF)(c1ccc2c(cnn2-c2ccccc2F)c1)c1c[nH]c2ccc(F)cc12. The van der Waals surface area contributed by atoms with Crippen molar-refractivity contribution in [1.82, 2.24) is 14.8 Å². The van der Waals surface area contributed by atoms with Gasteiger partial charge in [-0.2, -0.15) is 5.10 Å². The van der Waals surface area contributed by atoms with E-state index in [0.717, 1.165) is 0 Å². The predicted molar refractivity (Wildman–Crippen MR) is 108 cm³/mol. The lowest BCUT2D eigenvalue weighted by molar-refractivity contribution is 0.0533. The molecule has 0 aliphatic rings. The molecule has 4 nitrogen and oxygen atoms in total. The van der Waals surface area contributed by atoms with Gasteiger partial charge in [0.25, 0.3) is 0 Å². The van der Waals surface area contributed by atoms with Crippen molar-refractivity contribution in [2.45, 2.75) is 5.60 Å². The summed E-state index contributed by atoms with van der Waals surface area (Å²) in [6.07, 6.45) is 3.01. The van der Waals surface area contributed by atoms with Crippen LogP contribution in [0.3, 0.4) is 0 Å². The Morgan fingerprint density at radius 2 is 1.87 bits per heavy atom. The number of fused-ring (bicyclic) bond motifs is 2. The fourth-order valence-corrected chi connectivity index (χ4v) is 3.85. The number of aromatic amines is 1. The van der Waals surface area contributed by atoms with Crippen molar-refractivity contribution in [3.8, 4) is 5.69 Å². The summed E-state index contributed by atoms with van der Waals surface area (Å²) in [5.74, 6) is -0.904. The lowest BCUT2D eigenvalue weighted by Gasteiger charge is -2.25. The minimum absolute atomic E-state index is 0.236. The van der Waals surface area contributed by atoms with Crippen LogP contribution in [-0.2, 0) is 5.60 Å². The van der Waals surface area contributed by atoms with E-state index in [9.17, 15) is 18.3 Å². The first-order chi connectivity index (χ1) is 14.5. The summed E-state index contributed by atoms with van der Waals surface area (Å²) in [7, 11) is 0.